The van der Waals surface area contributed by atoms with E-state index in [1.165, 1.54) is 19.3 Å². The van der Waals surface area contributed by atoms with Gasteiger partial charge in [0.1, 0.15) is 5.75 Å². The number of nitrogens with one attached hydrogen (secondary N) is 1. The van der Waals surface area contributed by atoms with Gasteiger partial charge in [0, 0.05) is 30.4 Å². The minimum atomic E-state index is -0.230. The molecule has 0 saturated heterocycles. The van der Waals surface area contributed by atoms with Gasteiger partial charge >= 0.3 is 0 Å². The van der Waals surface area contributed by atoms with Crippen LogP contribution in [0.15, 0.2) is 78.9 Å². The van der Waals surface area contributed by atoms with Crippen molar-refractivity contribution in [3.8, 4) is 5.75 Å². The van der Waals surface area contributed by atoms with Gasteiger partial charge in [-0.05, 0) is 54.4 Å². The Morgan fingerprint density at radius 1 is 0.848 bits per heavy atom. The first-order valence-electron chi connectivity index (χ1n) is 11.5. The van der Waals surface area contributed by atoms with Crippen LogP contribution >= 0.6 is 0 Å². The minimum Gasteiger partial charge on any atom is -0.494 e. The summed E-state index contributed by atoms with van der Waals surface area (Å²) >= 11 is 0. The van der Waals surface area contributed by atoms with E-state index in [9.17, 15) is 9.59 Å². The van der Waals surface area contributed by atoms with Gasteiger partial charge in [-0.15, -0.1) is 0 Å². The minimum absolute atomic E-state index is 0.101. The first-order chi connectivity index (χ1) is 16.1. The molecule has 0 fully saturated rings. The topological polar surface area (TPSA) is 58.6 Å². The van der Waals surface area contributed by atoms with E-state index < -0.39 is 0 Å². The number of carbonyl (C=O) groups excluding carboxylic acids is 2. The second-order valence-electron chi connectivity index (χ2n) is 8.12. The summed E-state index contributed by atoms with van der Waals surface area (Å²) in [4.78, 5) is 27.2. The molecule has 0 saturated carbocycles. The molecule has 1 N–H and O–H groups in total. The molecule has 172 valence electrons. The van der Waals surface area contributed by atoms with Crippen molar-refractivity contribution in [2.75, 3.05) is 19.0 Å². The molecule has 3 rings (SSSR count). The summed E-state index contributed by atoms with van der Waals surface area (Å²) in [5.74, 6) is 0.430. The second kappa shape index (κ2) is 12.4. The van der Waals surface area contributed by atoms with Crippen LogP contribution in [0.4, 0.5) is 5.69 Å². The quantitative estimate of drug-likeness (QED) is 0.360. The summed E-state index contributed by atoms with van der Waals surface area (Å²) in [6.45, 7) is 3.39. The van der Waals surface area contributed by atoms with Crippen LogP contribution in [0.5, 0.6) is 5.75 Å². The van der Waals surface area contributed by atoms with Crippen LogP contribution in [0.25, 0.3) is 0 Å². The lowest BCUT2D eigenvalue weighted by Gasteiger charge is -2.18. The Morgan fingerprint density at radius 3 is 2.33 bits per heavy atom. The Balaban J connectivity index is 1.56. The Bertz CT molecular complexity index is 1030. The summed E-state index contributed by atoms with van der Waals surface area (Å²) in [7, 11) is 1.77. The predicted molar refractivity (Wildman–Crippen MR) is 133 cm³/mol. The molecule has 0 aliphatic rings. The van der Waals surface area contributed by atoms with Gasteiger partial charge in [-0.3, -0.25) is 9.59 Å². The largest absolute Gasteiger partial charge is 0.494 e. The van der Waals surface area contributed by atoms with Crippen molar-refractivity contribution >= 4 is 17.5 Å². The van der Waals surface area contributed by atoms with Crippen LogP contribution in [0.2, 0.25) is 0 Å². The summed E-state index contributed by atoms with van der Waals surface area (Å²) in [5, 5.41) is 2.88. The molecule has 0 unspecified atom stereocenters. The number of rotatable bonds is 11. The molecule has 33 heavy (non-hydrogen) atoms. The van der Waals surface area contributed by atoms with Crippen molar-refractivity contribution in [2.24, 2.45) is 0 Å². The Morgan fingerprint density at radius 2 is 1.61 bits per heavy atom. The molecule has 0 aromatic heterocycles. The smallest absolute Gasteiger partial charge is 0.255 e. The van der Waals surface area contributed by atoms with E-state index in [0.29, 0.717) is 30.0 Å². The van der Waals surface area contributed by atoms with Crippen molar-refractivity contribution in [1.29, 1.82) is 0 Å². The number of carbonyl (C=O) groups is 2. The fourth-order valence-electron chi connectivity index (χ4n) is 3.50. The average molecular weight is 445 g/mol. The van der Waals surface area contributed by atoms with Gasteiger partial charge in [-0.2, -0.15) is 0 Å². The first-order valence-corrected chi connectivity index (χ1v) is 11.5. The maximum absolute atomic E-state index is 12.8. The molecule has 3 aromatic rings. The zero-order chi connectivity index (χ0) is 23.5. The molecule has 0 atom stereocenters. The summed E-state index contributed by atoms with van der Waals surface area (Å²) in [6.07, 6.45) is 4.62. The summed E-state index contributed by atoms with van der Waals surface area (Å²) in [6, 6.07) is 24.0. The highest BCUT2D eigenvalue weighted by molar-refractivity contribution is 6.05. The third-order valence-corrected chi connectivity index (χ3v) is 5.36. The lowest BCUT2D eigenvalue weighted by atomic mass is 10.1. The zero-order valence-corrected chi connectivity index (χ0v) is 19.4. The molecule has 0 aliphatic heterocycles. The normalized spacial score (nSPS) is 10.5. The van der Waals surface area contributed by atoms with Crippen molar-refractivity contribution in [2.45, 2.75) is 39.2 Å². The van der Waals surface area contributed by atoms with E-state index in [-0.39, 0.29) is 11.8 Å². The molecular formula is C28H32N2O3. The third kappa shape index (κ3) is 7.49. The number of hydrogen-bond acceptors (Lipinski definition) is 3. The van der Waals surface area contributed by atoms with Crippen LogP contribution in [0, 0.1) is 0 Å². The van der Waals surface area contributed by atoms with Gasteiger partial charge in [0.15, 0.2) is 0 Å². The van der Waals surface area contributed by atoms with Crippen LogP contribution < -0.4 is 10.1 Å². The van der Waals surface area contributed by atoms with Gasteiger partial charge in [0.2, 0.25) is 0 Å². The monoisotopic (exact) mass is 444 g/mol. The summed E-state index contributed by atoms with van der Waals surface area (Å²) < 4.78 is 5.74. The highest BCUT2D eigenvalue weighted by atomic mass is 16.5. The maximum atomic E-state index is 12.8. The molecule has 2 amide bonds. The Hall–Kier alpha value is -3.60. The molecule has 5 nitrogen and oxygen atoms in total. The molecule has 0 aliphatic carbocycles. The number of anilines is 1. The number of hydrogen-bond donors (Lipinski definition) is 1. The van der Waals surface area contributed by atoms with E-state index in [2.05, 4.69) is 12.2 Å². The number of ether oxygens (including phenoxy) is 1. The van der Waals surface area contributed by atoms with E-state index >= 15 is 0 Å². The Labute approximate surface area is 196 Å². The fourth-order valence-corrected chi connectivity index (χ4v) is 3.50. The first kappa shape index (κ1) is 24.1. The zero-order valence-electron chi connectivity index (χ0n) is 19.4. The lowest BCUT2D eigenvalue weighted by Crippen LogP contribution is -2.26. The van der Waals surface area contributed by atoms with E-state index in [1.807, 2.05) is 42.5 Å². The molecule has 5 heteroatoms. The number of unbranched alkanes of at least 4 members (excludes halogenated alkanes) is 3. The van der Waals surface area contributed by atoms with Crippen LogP contribution in [-0.2, 0) is 6.54 Å². The lowest BCUT2D eigenvalue weighted by molar-refractivity contribution is 0.0784. The molecule has 0 radical (unpaired) electrons. The average Bonchev–Trinajstić information content (AvgIpc) is 2.84. The molecule has 0 spiro atoms. The van der Waals surface area contributed by atoms with Crippen molar-refractivity contribution in [3.05, 3.63) is 95.6 Å². The van der Waals surface area contributed by atoms with Gasteiger partial charge < -0.3 is 15.0 Å². The van der Waals surface area contributed by atoms with Gasteiger partial charge in [0.05, 0.1) is 6.61 Å². The highest BCUT2D eigenvalue weighted by Crippen LogP contribution is 2.17. The molecule has 3 aromatic carbocycles. The van der Waals surface area contributed by atoms with E-state index in [4.69, 9.17) is 4.74 Å². The number of amides is 2. The van der Waals surface area contributed by atoms with Gasteiger partial charge in [-0.25, -0.2) is 0 Å². The van der Waals surface area contributed by atoms with E-state index in [0.717, 1.165) is 17.7 Å². The number of benzene rings is 3. The fraction of sp³-hybridized carbons (Fsp3) is 0.286. The van der Waals surface area contributed by atoms with Crippen LogP contribution in [-0.4, -0.2) is 30.4 Å². The van der Waals surface area contributed by atoms with Crippen molar-refractivity contribution in [1.82, 2.24) is 4.90 Å². The van der Waals surface area contributed by atoms with Gasteiger partial charge in [-0.1, -0.05) is 62.6 Å². The summed E-state index contributed by atoms with van der Waals surface area (Å²) in [5.41, 5.74) is 2.70. The maximum Gasteiger partial charge on any atom is 0.255 e. The molecule has 0 bridgehead atoms. The third-order valence-electron chi connectivity index (χ3n) is 5.36. The van der Waals surface area contributed by atoms with Crippen LogP contribution in [0.1, 0.15) is 58.9 Å². The molecule has 0 heterocycles. The predicted octanol–water partition coefficient (Wildman–Crippen LogP) is 6.17. The van der Waals surface area contributed by atoms with Crippen LogP contribution in [0.3, 0.4) is 0 Å². The van der Waals surface area contributed by atoms with E-state index in [1.54, 1.807) is 48.3 Å². The van der Waals surface area contributed by atoms with Crippen molar-refractivity contribution < 1.29 is 14.3 Å². The second-order valence-corrected chi connectivity index (χ2v) is 8.12. The standard InChI is InChI=1S/C28H32N2O3/c1-3-4-5-9-19-33-26-17-15-23(16-18-26)27(31)29-25-14-10-13-24(20-25)28(32)30(2)21-22-11-7-6-8-12-22/h6-8,10-18,20H,3-5,9,19,21H2,1-2H3,(H,29,31). The number of nitrogens with zero attached hydrogens (tertiary/aromatic N) is 1. The highest BCUT2D eigenvalue weighted by Gasteiger charge is 2.14. The Kier molecular flexibility index (Phi) is 9.07. The molecular weight excluding hydrogens is 412 g/mol. The van der Waals surface area contributed by atoms with Crippen molar-refractivity contribution in [3.63, 3.8) is 0 Å². The SMILES string of the molecule is CCCCCCOc1ccc(C(=O)Nc2cccc(C(=O)N(C)Cc3ccccc3)c2)cc1. The van der Waals surface area contributed by atoms with Gasteiger partial charge in [0.25, 0.3) is 11.8 Å².